The van der Waals surface area contributed by atoms with Crippen LogP contribution in [0.5, 0.6) is 0 Å². The lowest BCUT2D eigenvalue weighted by atomic mass is 10.3. The van der Waals surface area contributed by atoms with Gasteiger partial charge in [0.25, 0.3) is 0 Å². The first kappa shape index (κ1) is 19.3. The molecule has 0 radical (unpaired) electrons. The fraction of sp³-hybridized carbons (Fsp3) is 0.368. The minimum atomic E-state index is -3.98. The van der Waals surface area contributed by atoms with Gasteiger partial charge in [0.1, 0.15) is 0 Å². The summed E-state index contributed by atoms with van der Waals surface area (Å²) in [6.07, 6.45) is 2.59. The molecule has 0 aromatic heterocycles. The smallest absolute Gasteiger partial charge is 0.390 e. The molecule has 0 spiro atoms. The average Bonchev–Trinajstić information content (AvgIpc) is 2.54. The van der Waals surface area contributed by atoms with Crippen molar-refractivity contribution >= 4 is 26.7 Å². The van der Waals surface area contributed by atoms with Crippen LogP contribution in [-0.4, -0.2) is 35.5 Å². The van der Waals surface area contributed by atoms with E-state index in [9.17, 15) is 14.4 Å². The third kappa shape index (κ3) is 5.23. The molecule has 24 heavy (non-hydrogen) atoms. The highest BCUT2D eigenvalue weighted by Gasteiger charge is 2.43. The molecular weight excluding hydrogens is 335 g/mol. The normalized spacial score (nSPS) is 12.6. The zero-order valence-electron chi connectivity index (χ0n) is 14.5. The average molecular weight is 363 g/mol. The van der Waals surface area contributed by atoms with Crippen molar-refractivity contribution in [3.05, 3.63) is 60.7 Å². The molecule has 0 bridgehead atoms. The van der Waals surface area contributed by atoms with Crippen LogP contribution in [-0.2, 0) is 0 Å². The van der Waals surface area contributed by atoms with Crippen LogP contribution in [0.4, 0.5) is 0 Å². The molecule has 130 valence electrons. The number of hydrogen-bond donors (Lipinski definition) is 3. The maximum Gasteiger partial charge on any atom is 0.492 e. The second kappa shape index (κ2) is 8.37. The lowest BCUT2D eigenvalue weighted by molar-refractivity contribution is 0.227. The highest BCUT2D eigenvalue weighted by atomic mass is 31.2. The summed E-state index contributed by atoms with van der Waals surface area (Å²) < 4.78 is 0. The van der Waals surface area contributed by atoms with Gasteiger partial charge in [-0.2, -0.15) is 0 Å². The molecule has 2 rings (SSSR count). The van der Waals surface area contributed by atoms with E-state index in [1.54, 1.807) is 0 Å². The molecule has 0 atom stereocenters. The van der Waals surface area contributed by atoms with E-state index in [1.165, 1.54) is 10.6 Å². The third-order valence-corrected chi connectivity index (χ3v) is 10.3. The van der Waals surface area contributed by atoms with Gasteiger partial charge in [0.15, 0.2) is 0 Å². The topological polar surface area (TPSA) is 60.7 Å². The largest absolute Gasteiger partial charge is 0.492 e. The van der Waals surface area contributed by atoms with Crippen molar-refractivity contribution in [3.8, 4) is 0 Å². The predicted molar refractivity (Wildman–Crippen MR) is 105 cm³/mol. The van der Waals surface area contributed by atoms with Crippen molar-refractivity contribution in [2.45, 2.75) is 26.3 Å². The zero-order chi connectivity index (χ0) is 17.6. The molecule has 0 unspecified atom stereocenters. The summed E-state index contributed by atoms with van der Waals surface area (Å²) in [5.41, 5.74) is 0. The molecule has 0 heterocycles. The lowest BCUT2D eigenvalue weighted by Gasteiger charge is -2.29. The van der Waals surface area contributed by atoms with Gasteiger partial charge in [-0.05, 0) is 36.6 Å². The SMILES string of the molecule is CC(C)C[P+](CCC[Si](O)(O)O)(c1ccccc1)c1ccccc1. The molecule has 0 aliphatic carbocycles. The Balaban J connectivity index is 2.44. The van der Waals surface area contributed by atoms with Gasteiger partial charge in [0.05, 0.1) is 30.2 Å². The lowest BCUT2D eigenvalue weighted by Crippen LogP contribution is -2.35. The van der Waals surface area contributed by atoms with Crippen LogP contribution in [0.25, 0.3) is 0 Å². The molecule has 0 aliphatic rings. The van der Waals surface area contributed by atoms with Crippen LogP contribution in [0.1, 0.15) is 20.3 Å². The summed E-state index contributed by atoms with van der Waals surface area (Å²) in [5.74, 6) is 0.540. The summed E-state index contributed by atoms with van der Waals surface area (Å²) in [6.45, 7) is 4.48. The molecule has 0 aliphatic heterocycles. The Morgan fingerprint density at radius 2 is 1.29 bits per heavy atom. The van der Waals surface area contributed by atoms with E-state index in [2.05, 4.69) is 62.4 Å². The van der Waals surface area contributed by atoms with Crippen LogP contribution in [0.2, 0.25) is 6.04 Å². The minimum absolute atomic E-state index is 0.104. The molecule has 0 saturated carbocycles. The first-order chi connectivity index (χ1) is 11.3. The molecule has 5 heteroatoms. The van der Waals surface area contributed by atoms with E-state index >= 15 is 0 Å². The first-order valence-electron chi connectivity index (χ1n) is 8.49. The van der Waals surface area contributed by atoms with Gasteiger partial charge in [0.2, 0.25) is 0 Å². The van der Waals surface area contributed by atoms with Crippen molar-refractivity contribution < 1.29 is 14.4 Å². The van der Waals surface area contributed by atoms with Gasteiger partial charge in [-0.3, -0.25) is 0 Å². The van der Waals surface area contributed by atoms with Crippen LogP contribution in [0.15, 0.2) is 60.7 Å². The van der Waals surface area contributed by atoms with Crippen molar-refractivity contribution in [1.82, 2.24) is 0 Å². The minimum Gasteiger partial charge on any atom is -0.390 e. The summed E-state index contributed by atoms with van der Waals surface area (Å²) >= 11 is 0. The second-order valence-corrected chi connectivity index (χ2v) is 12.6. The Labute approximate surface area is 146 Å². The Kier molecular flexibility index (Phi) is 6.73. The highest BCUT2D eigenvalue weighted by Crippen LogP contribution is 2.58. The van der Waals surface area contributed by atoms with Gasteiger partial charge in [-0.15, -0.1) is 0 Å². The Hall–Kier alpha value is -1.03. The predicted octanol–water partition coefficient (Wildman–Crippen LogP) is 2.62. The Bertz CT molecular complexity index is 572. The summed E-state index contributed by atoms with van der Waals surface area (Å²) in [7, 11) is -5.64. The molecular formula is C19H28O3PSi+. The third-order valence-electron chi connectivity index (χ3n) is 4.23. The van der Waals surface area contributed by atoms with Crippen molar-refractivity contribution in [2.75, 3.05) is 12.3 Å². The summed E-state index contributed by atoms with van der Waals surface area (Å²) in [5, 5.41) is 2.71. The summed E-state index contributed by atoms with van der Waals surface area (Å²) in [6, 6.07) is 21.3. The van der Waals surface area contributed by atoms with Crippen molar-refractivity contribution in [3.63, 3.8) is 0 Å². The molecule has 0 fully saturated rings. The van der Waals surface area contributed by atoms with Gasteiger partial charge in [0, 0.05) is 6.04 Å². The van der Waals surface area contributed by atoms with Gasteiger partial charge in [-0.25, -0.2) is 0 Å². The number of benzene rings is 2. The Morgan fingerprint density at radius 1 is 0.833 bits per heavy atom. The maximum absolute atomic E-state index is 9.40. The van der Waals surface area contributed by atoms with E-state index in [4.69, 9.17) is 0 Å². The molecule has 2 aromatic rings. The molecule has 0 saturated heterocycles. The monoisotopic (exact) mass is 363 g/mol. The standard InChI is InChI=1S/C19H28O3PSi/c1-17(2)16-23(14-9-15-24(20,21)22,18-10-5-3-6-11-18)19-12-7-4-8-13-19/h3-8,10-13,17,20-22H,9,14-16H2,1-2H3/q+1. The zero-order valence-corrected chi connectivity index (χ0v) is 16.4. The van der Waals surface area contributed by atoms with E-state index in [0.717, 1.165) is 12.3 Å². The van der Waals surface area contributed by atoms with Gasteiger partial charge < -0.3 is 14.4 Å². The fourth-order valence-corrected chi connectivity index (χ4v) is 9.14. The number of hydrogen-bond acceptors (Lipinski definition) is 3. The van der Waals surface area contributed by atoms with Crippen LogP contribution in [0, 0.1) is 5.92 Å². The highest BCUT2D eigenvalue weighted by molar-refractivity contribution is 7.89. The molecule has 2 aromatic carbocycles. The second-order valence-electron chi connectivity index (χ2n) is 6.82. The Morgan fingerprint density at radius 3 is 1.67 bits per heavy atom. The summed E-state index contributed by atoms with van der Waals surface area (Å²) in [4.78, 5) is 28.2. The maximum atomic E-state index is 9.40. The van der Waals surface area contributed by atoms with Gasteiger partial charge in [-0.1, -0.05) is 50.2 Å². The van der Waals surface area contributed by atoms with Crippen LogP contribution in [0.3, 0.4) is 0 Å². The van der Waals surface area contributed by atoms with Crippen molar-refractivity contribution in [2.24, 2.45) is 5.92 Å². The molecule has 3 nitrogen and oxygen atoms in total. The van der Waals surface area contributed by atoms with Crippen LogP contribution < -0.4 is 10.6 Å². The van der Waals surface area contributed by atoms with E-state index < -0.39 is 16.1 Å². The number of rotatable bonds is 8. The quantitative estimate of drug-likeness (QED) is 0.499. The van der Waals surface area contributed by atoms with Crippen molar-refractivity contribution in [1.29, 1.82) is 0 Å². The van der Waals surface area contributed by atoms with Gasteiger partial charge >= 0.3 is 8.80 Å². The van der Waals surface area contributed by atoms with E-state index in [0.29, 0.717) is 12.3 Å². The molecule has 0 amide bonds. The van der Waals surface area contributed by atoms with E-state index in [1.807, 2.05) is 12.1 Å². The van der Waals surface area contributed by atoms with Crippen LogP contribution >= 0.6 is 7.26 Å². The molecule has 3 N–H and O–H groups in total. The first-order valence-corrected chi connectivity index (χ1v) is 12.7. The fourth-order valence-electron chi connectivity index (χ4n) is 3.35. The van der Waals surface area contributed by atoms with E-state index in [-0.39, 0.29) is 6.04 Å².